The zero-order valence-electron chi connectivity index (χ0n) is 18.3. The van der Waals surface area contributed by atoms with Crippen molar-refractivity contribution in [3.05, 3.63) is 104 Å². The maximum atomic E-state index is 13.8. The van der Waals surface area contributed by atoms with Gasteiger partial charge < -0.3 is 10.2 Å². The Balaban J connectivity index is 2.15. The quantitative estimate of drug-likeness (QED) is 0.375. The van der Waals surface area contributed by atoms with Gasteiger partial charge in [0.15, 0.2) is 0 Å². The fourth-order valence-electron chi connectivity index (χ4n) is 3.42. The summed E-state index contributed by atoms with van der Waals surface area (Å²) in [5.41, 5.74) is 1.72. The molecule has 0 heterocycles. The molecule has 0 fully saturated rings. The molecular weight excluding hydrogens is 532 g/mol. The Morgan fingerprint density at radius 3 is 2.00 bits per heavy atom. The van der Waals surface area contributed by atoms with Crippen molar-refractivity contribution in [3.63, 3.8) is 0 Å². The van der Waals surface area contributed by atoms with Crippen LogP contribution in [0.25, 0.3) is 0 Å². The molecule has 166 valence electrons. The first-order chi connectivity index (χ1) is 15.2. The van der Waals surface area contributed by atoms with Crippen molar-refractivity contribution in [2.24, 2.45) is 0 Å². The molecule has 3 rings (SSSR count). The first-order valence-electron chi connectivity index (χ1n) is 10.3. The Morgan fingerprint density at radius 1 is 0.844 bits per heavy atom. The number of nitrogens with one attached hydrogen (secondary N) is 1. The molecule has 6 heteroatoms. The van der Waals surface area contributed by atoms with Crippen LogP contribution in [0.2, 0.25) is 0 Å². The van der Waals surface area contributed by atoms with E-state index in [9.17, 15) is 9.59 Å². The number of hydrogen-bond donors (Lipinski definition) is 1. The van der Waals surface area contributed by atoms with Gasteiger partial charge in [-0.15, -0.1) is 0 Å². The van der Waals surface area contributed by atoms with Gasteiger partial charge in [0, 0.05) is 26.6 Å². The number of carbonyl (C=O) groups excluding carboxylic acids is 2. The summed E-state index contributed by atoms with van der Waals surface area (Å²) >= 11 is 7.18. The molecule has 0 saturated heterocycles. The van der Waals surface area contributed by atoms with Crippen LogP contribution in [0.15, 0.2) is 87.8 Å². The number of benzene rings is 3. The minimum Gasteiger partial charge on any atom is -0.349 e. The van der Waals surface area contributed by atoms with Crippen LogP contribution in [0.4, 0.5) is 0 Å². The second-order valence-corrected chi connectivity index (χ2v) is 10.3. The van der Waals surface area contributed by atoms with Gasteiger partial charge in [-0.1, -0.05) is 86.5 Å². The van der Waals surface area contributed by atoms with Crippen LogP contribution >= 0.6 is 31.9 Å². The van der Waals surface area contributed by atoms with E-state index >= 15 is 0 Å². The zero-order chi connectivity index (χ0) is 23.3. The molecule has 0 aliphatic heterocycles. The van der Waals surface area contributed by atoms with E-state index < -0.39 is 11.6 Å². The summed E-state index contributed by atoms with van der Waals surface area (Å²) in [4.78, 5) is 29.0. The normalized spacial score (nSPS) is 12.2. The van der Waals surface area contributed by atoms with Crippen LogP contribution in [-0.4, -0.2) is 22.3 Å². The van der Waals surface area contributed by atoms with Crippen molar-refractivity contribution < 1.29 is 9.59 Å². The van der Waals surface area contributed by atoms with Crippen molar-refractivity contribution in [1.29, 1.82) is 0 Å². The first-order valence-corrected chi connectivity index (χ1v) is 11.9. The highest BCUT2D eigenvalue weighted by atomic mass is 79.9. The SMILES string of the molecule is CC(C)(C)NC(=O)C(c1ccccc1Br)N(Cc1ccccc1Br)C(=O)c1ccccc1. The topological polar surface area (TPSA) is 49.4 Å². The third-order valence-electron chi connectivity index (χ3n) is 4.84. The van der Waals surface area contributed by atoms with Crippen LogP contribution in [0.1, 0.15) is 48.3 Å². The lowest BCUT2D eigenvalue weighted by molar-refractivity contribution is -0.127. The molecule has 0 radical (unpaired) electrons. The van der Waals surface area contributed by atoms with E-state index in [0.717, 1.165) is 20.1 Å². The van der Waals surface area contributed by atoms with Gasteiger partial charge in [0.1, 0.15) is 6.04 Å². The van der Waals surface area contributed by atoms with Gasteiger partial charge in [-0.2, -0.15) is 0 Å². The predicted molar refractivity (Wildman–Crippen MR) is 135 cm³/mol. The molecule has 0 spiro atoms. The van der Waals surface area contributed by atoms with Crippen LogP contribution in [0.5, 0.6) is 0 Å². The van der Waals surface area contributed by atoms with Crippen LogP contribution in [-0.2, 0) is 11.3 Å². The van der Waals surface area contributed by atoms with Gasteiger partial charge in [-0.05, 0) is 56.2 Å². The summed E-state index contributed by atoms with van der Waals surface area (Å²) in [6, 6.07) is 23.5. The Morgan fingerprint density at radius 2 is 1.41 bits per heavy atom. The highest BCUT2D eigenvalue weighted by Gasteiger charge is 2.35. The van der Waals surface area contributed by atoms with E-state index in [1.54, 1.807) is 17.0 Å². The smallest absolute Gasteiger partial charge is 0.255 e. The minimum atomic E-state index is -0.829. The average molecular weight is 558 g/mol. The van der Waals surface area contributed by atoms with E-state index in [1.165, 1.54) is 0 Å². The molecule has 1 N–H and O–H groups in total. The number of rotatable bonds is 6. The van der Waals surface area contributed by atoms with Crippen LogP contribution < -0.4 is 5.32 Å². The Hall–Kier alpha value is -2.44. The largest absolute Gasteiger partial charge is 0.349 e. The maximum absolute atomic E-state index is 13.8. The Bertz CT molecular complexity index is 1090. The van der Waals surface area contributed by atoms with Gasteiger partial charge in [0.2, 0.25) is 5.91 Å². The van der Waals surface area contributed by atoms with Crippen molar-refractivity contribution in [1.82, 2.24) is 10.2 Å². The summed E-state index contributed by atoms with van der Waals surface area (Å²) in [5.74, 6) is -0.452. The monoisotopic (exact) mass is 556 g/mol. The average Bonchev–Trinajstić information content (AvgIpc) is 2.75. The molecule has 0 aliphatic carbocycles. The first kappa shape index (κ1) is 24.2. The lowest BCUT2D eigenvalue weighted by atomic mass is 10.00. The maximum Gasteiger partial charge on any atom is 0.255 e. The molecule has 32 heavy (non-hydrogen) atoms. The fraction of sp³-hybridized carbons (Fsp3) is 0.231. The summed E-state index contributed by atoms with van der Waals surface area (Å²) in [6.45, 7) is 6.05. The van der Waals surface area contributed by atoms with Crippen LogP contribution in [0, 0.1) is 0 Å². The number of nitrogens with zero attached hydrogens (tertiary/aromatic N) is 1. The van der Waals surface area contributed by atoms with Gasteiger partial charge in [0.05, 0.1) is 0 Å². The van der Waals surface area contributed by atoms with E-state index in [4.69, 9.17) is 0 Å². The minimum absolute atomic E-state index is 0.217. The molecule has 0 aromatic heterocycles. The molecule has 0 bridgehead atoms. The predicted octanol–water partition coefficient (Wildman–Crippen LogP) is 6.51. The second kappa shape index (κ2) is 10.5. The number of hydrogen-bond acceptors (Lipinski definition) is 2. The molecule has 2 amide bonds. The van der Waals surface area contributed by atoms with E-state index in [-0.39, 0.29) is 18.4 Å². The Labute approximate surface area is 206 Å². The lowest BCUT2D eigenvalue weighted by Crippen LogP contribution is -2.49. The highest BCUT2D eigenvalue weighted by Crippen LogP contribution is 2.32. The van der Waals surface area contributed by atoms with Gasteiger partial charge in [0.25, 0.3) is 5.91 Å². The standard InChI is InChI=1S/C26H26Br2N2O2/c1-26(2,3)29-24(31)23(20-14-8-10-16-22(20)28)30(17-19-13-7-9-15-21(19)27)25(32)18-11-5-4-6-12-18/h4-16,23H,17H2,1-3H3,(H,29,31). The number of carbonyl (C=O) groups is 2. The van der Waals surface area contributed by atoms with Gasteiger partial charge >= 0.3 is 0 Å². The van der Waals surface area contributed by atoms with Crippen molar-refractivity contribution in [2.45, 2.75) is 38.9 Å². The zero-order valence-corrected chi connectivity index (χ0v) is 21.5. The number of amides is 2. The van der Waals surface area contributed by atoms with Crippen molar-refractivity contribution in [3.8, 4) is 0 Å². The number of halogens is 2. The third-order valence-corrected chi connectivity index (χ3v) is 6.33. The van der Waals surface area contributed by atoms with E-state index in [1.807, 2.05) is 87.5 Å². The van der Waals surface area contributed by atoms with Gasteiger partial charge in [-0.25, -0.2) is 0 Å². The van der Waals surface area contributed by atoms with Gasteiger partial charge in [-0.3, -0.25) is 9.59 Å². The molecule has 1 atom stereocenters. The molecule has 0 aliphatic rings. The highest BCUT2D eigenvalue weighted by molar-refractivity contribution is 9.10. The molecule has 4 nitrogen and oxygen atoms in total. The van der Waals surface area contributed by atoms with Crippen molar-refractivity contribution in [2.75, 3.05) is 0 Å². The van der Waals surface area contributed by atoms with Crippen LogP contribution in [0.3, 0.4) is 0 Å². The van der Waals surface area contributed by atoms with Crippen molar-refractivity contribution >= 4 is 43.7 Å². The summed E-state index contributed by atoms with van der Waals surface area (Å²) in [5, 5.41) is 3.07. The summed E-state index contributed by atoms with van der Waals surface area (Å²) < 4.78 is 1.65. The molecule has 3 aromatic rings. The summed E-state index contributed by atoms with van der Waals surface area (Å²) in [6.07, 6.45) is 0. The molecular formula is C26H26Br2N2O2. The second-order valence-electron chi connectivity index (χ2n) is 8.55. The molecule has 1 unspecified atom stereocenters. The molecule has 0 saturated carbocycles. The Kier molecular flexibility index (Phi) is 7.91. The lowest BCUT2D eigenvalue weighted by Gasteiger charge is -2.34. The van der Waals surface area contributed by atoms with E-state index in [0.29, 0.717) is 5.56 Å². The third kappa shape index (κ3) is 6.08. The van der Waals surface area contributed by atoms with E-state index in [2.05, 4.69) is 37.2 Å². The molecule has 3 aromatic carbocycles. The summed E-state index contributed by atoms with van der Waals surface area (Å²) in [7, 11) is 0. The fourth-order valence-corrected chi connectivity index (χ4v) is 4.33.